The lowest BCUT2D eigenvalue weighted by molar-refractivity contribution is -0.137. The molecule has 4 heterocycles. The highest BCUT2D eigenvalue weighted by Crippen LogP contribution is 2.54. The molecule has 0 spiro atoms. The van der Waals surface area contributed by atoms with E-state index in [9.17, 15) is 0 Å². The van der Waals surface area contributed by atoms with Crippen molar-refractivity contribution in [3.05, 3.63) is 345 Å². The average molecular weight is 1260 g/mol. The van der Waals surface area contributed by atoms with E-state index in [1.807, 2.05) is 41.3 Å². The third kappa shape index (κ3) is 9.36. The third-order valence-corrected chi connectivity index (χ3v) is 20.3. The molecule has 0 saturated carbocycles. The SMILES string of the molecule is FC(F)(F)c1ccccc1N1c2cc3c(cc2B2c4ccccc4N(c4ccccc4)c4cc(N(c5ccccc5)c5c(-c6ccccc6)cccc5-c5ccccc5)cc1c42)B1c2ccccc2N(c2ccccc2)c2cc(N(c4ccccc4)c4ccccc4)cc(c21)S3. The van der Waals surface area contributed by atoms with Crippen LogP contribution in [0.4, 0.5) is 98.5 Å². The molecule has 0 atom stereocenters. The van der Waals surface area contributed by atoms with E-state index in [1.54, 1.807) is 23.9 Å². The Kier molecular flexibility index (Phi) is 13.7. The first-order valence-electron chi connectivity index (χ1n) is 32.4. The van der Waals surface area contributed by atoms with Crippen LogP contribution in [0.1, 0.15) is 5.56 Å². The molecule has 0 aliphatic carbocycles. The van der Waals surface area contributed by atoms with Crippen LogP contribution in [0.3, 0.4) is 0 Å². The van der Waals surface area contributed by atoms with Gasteiger partial charge in [0.05, 0.1) is 22.6 Å². The quantitative estimate of drug-likeness (QED) is 0.119. The largest absolute Gasteiger partial charge is 0.418 e. The molecule has 454 valence electrons. The fourth-order valence-electron chi connectivity index (χ4n) is 15.3. The maximum absolute atomic E-state index is 16.5. The van der Waals surface area contributed by atoms with Crippen LogP contribution >= 0.6 is 11.8 Å². The van der Waals surface area contributed by atoms with Crippen molar-refractivity contribution in [2.24, 2.45) is 0 Å². The zero-order chi connectivity index (χ0) is 64.0. The molecule has 0 fully saturated rings. The Labute approximate surface area is 561 Å². The number of hydrogen-bond donors (Lipinski definition) is 0. The van der Waals surface area contributed by atoms with Crippen LogP contribution in [0.25, 0.3) is 22.3 Å². The molecule has 0 bridgehead atoms. The molecule has 0 radical (unpaired) electrons. The zero-order valence-corrected chi connectivity index (χ0v) is 52.6. The van der Waals surface area contributed by atoms with Crippen molar-refractivity contribution in [3.8, 4) is 22.3 Å². The van der Waals surface area contributed by atoms with Gasteiger partial charge < -0.3 is 24.5 Å². The summed E-state index contributed by atoms with van der Waals surface area (Å²) in [5.41, 5.74) is 22.3. The van der Waals surface area contributed by atoms with E-state index in [1.165, 1.54) is 17.6 Å². The predicted molar refractivity (Wildman–Crippen MR) is 396 cm³/mol. The molecule has 14 aromatic rings. The molecule has 4 aliphatic heterocycles. The summed E-state index contributed by atoms with van der Waals surface area (Å²) in [6.07, 6.45) is -4.74. The number of hydrogen-bond acceptors (Lipinski definition) is 6. The number of anilines is 15. The van der Waals surface area contributed by atoms with Crippen LogP contribution in [-0.4, -0.2) is 13.4 Å². The van der Waals surface area contributed by atoms with Gasteiger partial charge in [-0.25, -0.2) is 0 Å². The van der Waals surface area contributed by atoms with E-state index in [0.29, 0.717) is 11.4 Å². The number of alkyl halides is 3. The molecule has 0 unspecified atom stereocenters. The Hall–Kier alpha value is -11.7. The molecule has 14 aromatic carbocycles. The standard InChI is InChI=1S/C85H56B2F3N5S/c88-85(89,90)68-45-22-25-48-73(68)95-76-56-80-72(87-70-47-24-27-50-75(70)94(63-41-20-7-21-42-63)79-53-65(54-81(96-80)83(79)87)91(59-33-12-3-13-34-59)60-35-14-4-15-36-60)55-71(76)86-69-46-23-26-49-74(69)93(62-39-18-6-19-40-62)77-51-64(52-78(95)82(77)86)92(61-37-16-5-17-38-61)84-66(57-29-8-1-9-30-57)43-28-44-67(84)58-31-10-2-11-32-58/h1-56H. The molecule has 0 N–H and O–H groups in total. The summed E-state index contributed by atoms with van der Waals surface area (Å²) in [6, 6.07) is 117. The molecule has 5 nitrogen and oxygen atoms in total. The Morgan fingerprint density at radius 1 is 0.281 bits per heavy atom. The van der Waals surface area contributed by atoms with Gasteiger partial charge in [-0.05, 0) is 154 Å². The average Bonchev–Trinajstić information content (AvgIpc) is 0.690. The minimum absolute atomic E-state index is 0.0312. The van der Waals surface area contributed by atoms with Crippen LogP contribution < -0.4 is 57.3 Å². The third-order valence-electron chi connectivity index (χ3n) is 19.2. The van der Waals surface area contributed by atoms with Crippen LogP contribution in [0.2, 0.25) is 0 Å². The van der Waals surface area contributed by atoms with Gasteiger partial charge in [0, 0.05) is 89.2 Å². The number of benzene rings is 14. The fraction of sp³-hybridized carbons (Fsp3) is 0.0118. The number of rotatable bonds is 11. The van der Waals surface area contributed by atoms with Crippen molar-refractivity contribution in [2.45, 2.75) is 16.0 Å². The summed E-state index contributed by atoms with van der Waals surface area (Å²) in [5, 5.41) is 0. The molecular weight excluding hydrogens is 1200 g/mol. The fourth-order valence-corrected chi connectivity index (χ4v) is 16.5. The highest BCUT2D eigenvalue weighted by Gasteiger charge is 2.49. The molecular formula is C85H56B2F3N5S. The Balaban J connectivity index is 0.949. The highest BCUT2D eigenvalue weighted by atomic mass is 32.2. The van der Waals surface area contributed by atoms with Crippen LogP contribution in [0.15, 0.2) is 350 Å². The topological polar surface area (TPSA) is 16.2 Å². The second-order valence-electron chi connectivity index (χ2n) is 24.6. The minimum atomic E-state index is -4.74. The lowest BCUT2D eigenvalue weighted by atomic mass is 9.31. The van der Waals surface area contributed by atoms with Gasteiger partial charge in [0.25, 0.3) is 6.71 Å². The molecule has 11 heteroatoms. The van der Waals surface area contributed by atoms with Crippen LogP contribution in [0, 0.1) is 0 Å². The van der Waals surface area contributed by atoms with E-state index in [4.69, 9.17) is 0 Å². The summed E-state index contributed by atoms with van der Waals surface area (Å²) in [4.78, 5) is 13.4. The Bertz CT molecular complexity index is 5210. The number of para-hydroxylation sites is 9. The van der Waals surface area contributed by atoms with Gasteiger partial charge in [-0.1, -0.05) is 242 Å². The van der Waals surface area contributed by atoms with Gasteiger partial charge in [0.2, 0.25) is 6.71 Å². The molecule has 96 heavy (non-hydrogen) atoms. The zero-order valence-electron chi connectivity index (χ0n) is 51.8. The maximum atomic E-state index is 16.5. The summed E-state index contributed by atoms with van der Waals surface area (Å²) < 4.78 is 49.5. The second kappa shape index (κ2) is 23.1. The normalized spacial score (nSPS) is 13.0. The maximum Gasteiger partial charge on any atom is 0.418 e. The van der Waals surface area contributed by atoms with Crippen molar-refractivity contribution in [2.75, 3.05) is 24.5 Å². The lowest BCUT2D eigenvalue weighted by Crippen LogP contribution is -2.64. The van der Waals surface area contributed by atoms with Gasteiger partial charge >= 0.3 is 6.18 Å². The minimum Gasteiger partial charge on any atom is -0.311 e. The van der Waals surface area contributed by atoms with Crippen LogP contribution in [0.5, 0.6) is 0 Å². The number of halogens is 3. The molecule has 18 rings (SSSR count). The van der Waals surface area contributed by atoms with Gasteiger partial charge in [-0.2, -0.15) is 13.2 Å². The summed E-state index contributed by atoms with van der Waals surface area (Å²) in [7, 11) is 0. The van der Waals surface area contributed by atoms with E-state index in [0.717, 1.165) is 128 Å². The van der Waals surface area contributed by atoms with Gasteiger partial charge in [-0.15, -0.1) is 0 Å². The van der Waals surface area contributed by atoms with Crippen molar-refractivity contribution >= 4 is 143 Å². The first-order valence-corrected chi connectivity index (χ1v) is 33.2. The molecule has 0 saturated heterocycles. The summed E-state index contributed by atoms with van der Waals surface area (Å²) >= 11 is 1.70. The van der Waals surface area contributed by atoms with Crippen molar-refractivity contribution in [3.63, 3.8) is 0 Å². The molecule has 0 amide bonds. The molecule has 4 aliphatic rings. The predicted octanol–water partition coefficient (Wildman–Crippen LogP) is 19.8. The summed E-state index contributed by atoms with van der Waals surface area (Å²) in [6.45, 7) is -0.722. The van der Waals surface area contributed by atoms with Gasteiger partial charge in [-0.3, -0.25) is 0 Å². The highest BCUT2D eigenvalue weighted by molar-refractivity contribution is 8.00. The smallest absolute Gasteiger partial charge is 0.311 e. The second-order valence-corrected chi connectivity index (χ2v) is 25.7. The van der Waals surface area contributed by atoms with E-state index >= 15 is 13.2 Å². The Morgan fingerprint density at radius 2 is 0.688 bits per heavy atom. The van der Waals surface area contributed by atoms with Gasteiger partial charge in [0.1, 0.15) is 0 Å². The van der Waals surface area contributed by atoms with E-state index in [-0.39, 0.29) is 12.4 Å². The van der Waals surface area contributed by atoms with E-state index < -0.39 is 18.5 Å². The number of nitrogens with zero attached hydrogens (tertiary/aromatic N) is 5. The number of fused-ring (bicyclic) bond motifs is 8. The van der Waals surface area contributed by atoms with Crippen LogP contribution in [-0.2, 0) is 6.18 Å². The lowest BCUT2D eigenvalue weighted by Gasteiger charge is -2.46. The molecule has 0 aromatic heterocycles. The van der Waals surface area contributed by atoms with Crippen molar-refractivity contribution in [1.29, 1.82) is 0 Å². The Morgan fingerprint density at radius 3 is 1.20 bits per heavy atom. The van der Waals surface area contributed by atoms with Crippen molar-refractivity contribution in [1.82, 2.24) is 0 Å². The summed E-state index contributed by atoms with van der Waals surface area (Å²) in [5.74, 6) is 0. The van der Waals surface area contributed by atoms with Gasteiger partial charge in [0.15, 0.2) is 0 Å². The van der Waals surface area contributed by atoms with E-state index in [2.05, 4.69) is 299 Å². The first kappa shape index (κ1) is 57.0. The monoisotopic (exact) mass is 1260 g/mol. The van der Waals surface area contributed by atoms with Crippen molar-refractivity contribution < 1.29 is 13.2 Å². The first-order chi connectivity index (χ1) is 47.3.